The topological polar surface area (TPSA) is 12.9 Å². The van der Waals surface area contributed by atoms with E-state index in [1.165, 1.54) is 5.56 Å². The molecular formula is C8H11F12NPdSb2. The minimum absolute atomic E-state index is 0. The molecule has 1 aromatic rings. The van der Waals surface area contributed by atoms with Gasteiger partial charge >= 0.3 is 93.1 Å². The molecule has 0 bridgehead atoms. The summed E-state index contributed by atoms with van der Waals surface area (Å²) in [6.45, 7) is 6.11. The van der Waals surface area contributed by atoms with Crippen LogP contribution in [0.2, 0.25) is 0 Å². The van der Waals surface area contributed by atoms with Crippen LogP contribution in [0, 0.1) is 20.8 Å². The maximum atomic E-state index is 9.93. The zero-order valence-corrected chi connectivity index (χ0v) is 18.5. The minimum atomic E-state index is -11.2. The quantitative estimate of drug-likeness (QED) is 0.230. The van der Waals surface area contributed by atoms with Gasteiger partial charge in [-0.25, -0.2) is 0 Å². The molecular weight excluding hydrogens is 688 g/mol. The zero-order chi connectivity index (χ0) is 19.7. The Bertz CT molecular complexity index is 508. The van der Waals surface area contributed by atoms with E-state index in [2.05, 4.69) is 18.0 Å². The summed E-state index contributed by atoms with van der Waals surface area (Å²) in [5.74, 6) is 0. The first-order chi connectivity index (χ1) is 9.10. The largest absolute Gasteiger partial charge is 2.00 e. The molecule has 0 radical (unpaired) electrons. The van der Waals surface area contributed by atoms with Crippen molar-refractivity contribution >= 4 is 39.0 Å². The molecule has 16 heteroatoms. The summed E-state index contributed by atoms with van der Waals surface area (Å²) < 4.78 is 119. The van der Waals surface area contributed by atoms with E-state index >= 15 is 0 Å². The summed E-state index contributed by atoms with van der Waals surface area (Å²) >= 11 is -22.5. The van der Waals surface area contributed by atoms with Crippen molar-refractivity contribution in [3.05, 3.63) is 29.1 Å². The number of aryl methyl sites for hydroxylation is 3. The molecule has 0 saturated heterocycles. The molecule has 0 aliphatic carbocycles. The van der Waals surface area contributed by atoms with Gasteiger partial charge in [0.1, 0.15) is 0 Å². The molecule has 0 amide bonds. The van der Waals surface area contributed by atoms with Crippen LogP contribution in [0.3, 0.4) is 0 Å². The smallest absolute Gasteiger partial charge is 2.00 e. The first kappa shape index (κ1) is 29.4. The third-order valence-electron chi connectivity index (χ3n) is 1.49. The van der Waals surface area contributed by atoms with Crippen molar-refractivity contribution in [2.75, 3.05) is 0 Å². The van der Waals surface area contributed by atoms with Gasteiger partial charge in [-0.1, -0.05) is 6.07 Å². The SMILES string of the molecule is Cc1ccc(C)c(C)n1.[F][Sb-]([F])([F])([F])([F])[F].[F][Sb-]([F])([F])([F])([F])[F].[Pd+2]. The summed E-state index contributed by atoms with van der Waals surface area (Å²) in [5, 5.41) is 0. The predicted octanol–water partition coefficient (Wildman–Crippen LogP) is 6.29. The molecule has 1 heterocycles. The Morgan fingerprint density at radius 3 is 1.04 bits per heavy atom. The van der Waals surface area contributed by atoms with Gasteiger partial charge in [-0.2, -0.15) is 0 Å². The number of halogens is 12. The van der Waals surface area contributed by atoms with Crippen LogP contribution in [0.25, 0.3) is 0 Å². The van der Waals surface area contributed by atoms with Crippen LogP contribution in [0.15, 0.2) is 12.1 Å². The Morgan fingerprint density at radius 1 is 0.625 bits per heavy atom. The molecule has 0 atom stereocenters. The zero-order valence-electron chi connectivity index (χ0n) is 11.8. The number of aromatic nitrogens is 1. The molecule has 152 valence electrons. The predicted molar refractivity (Wildman–Crippen MR) is 63.3 cm³/mol. The van der Waals surface area contributed by atoms with Gasteiger partial charge in [-0.3, -0.25) is 4.98 Å². The normalized spacial score (nSPS) is 17.1. The fourth-order valence-electron chi connectivity index (χ4n) is 0.756. The Morgan fingerprint density at radius 2 is 0.875 bits per heavy atom. The Balaban J connectivity index is -0.000000274. The summed E-state index contributed by atoms with van der Waals surface area (Å²) in [5.41, 5.74) is 3.49. The Labute approximate surface area is 147 Å². The van der Waals surface area contributed by atoms with Crippen LogP contribution in [0.5, 0.6) is 0 Å². The summed E-state index contributed by atoms with van der Waals surface area (Å²) in [6.07, 6.45) is 0. The monoisotopic (exact) mass is 697 g/mol. The molecule has 24 heavy (non-hydrogen) atoms. The fourth-order valence-corrected chi connectivity index (χ4v) is 0.756. The van der Waals surface area contributed by atoms with Gasteiger partial charge < -0.3 is 0 Å². The van der Waals surface area contributed by atoms with Crippen LogP contribution in [-0.4, -0.2) is 43.9 Å². The van der Waals surface area contributed by atoms with Crippen molar-refractivity contribution in [2.45, 2.75) is 20.8 Å². The van der Waals surface area contributed by atoms with E-state index in [-0.39, 0.29) is 20.4 Å². The standard InChI is InChI=1S/C8H11N.12FH.Pd.2Sb/c1-6-4-5-7(2)9-8(6)3;;;;;;;;;;;;;;;/h4-5H,1-3H3;12*1H;;;/q;;;;;;;;;;;;;+2;2*+5/p-12. The van der Waals surface area contributed by atoms with Crippen LogP contribution in [-0.2, 0) is 20.4 Å². The number of hydrogen-bond acceptors (Lipinski definition) is 1. The molecule has 0 unspecified atom stereocenters. The molecule has 0 aliphatic rings. The van der Waals surface area contributed by atoms with E-state index in [4.69, 9.17) is 0 Å². The van der Waals surface area contributed by atoms with E-state index in [1.54, 1.807) is 0 Å². The summed E-state index contributed by atoms with van der Waals surface area (Å²) in [6, 6.07) is 4.12. The van der Waals surface area contributed by atoms with E-state index in [9.17, 15) is 33.8 Å². The van der Waals surface area contributed by atoms with Gasteiger partial charge in [0.15, 0.2) is 0 Å². The molecule has 0 aliphatic heterocycles. The minimum Gasteiger partial charge on any atom is 2.00 e. The Hall–Kier alpha value is 0.609. The maximum Gasteiger partial charge on any atom is 2.00 e. The van der Waals surface area contributed by atoms with Crippen molar-refractivity contribution in [3.8, 4) is 0 Å². The molecule has 1 nitrogen and oxygen atoms in total. The van der Waals surface area contributed by atoms with Gasteiger partial charge in [-0.05, 0) is 32.4 Å². The molecule has 0 aromatic carbocycles. The number of rotatable bonds is 0. The van der Waals surface area contributed by atoms with Gasteiger partial charge in [0.05, 0.1) is 0 Å². The second-order valence-electron chi connectivity index (χ2n) is 4.27. The van der Waals surface area contributed by atoms with E-state index in [0.717, 1.165) is 11.4 Å². The second kappa shape index (κ2) is 6.65. The van der Waals surface area contributed by atoms with Gasteiger partial charge in [0.2, 0.25) is 0 Å². The number of nitrogens with zero attached hydrogens (tertiary/aromatic N) is 1. The molecule has 0 N–H and O–H groups in total. The fraction of sp³-hybridized carbons (Fsp3) is 0.375. The first-order valence-corrected chi connectivity index (χ1v) is 16.7. The molecule has 1 rings (SSSR count). The first-order valence-electron chi connectivity index (χ1n) is 5.14. The molecule has 0 fully saturated rings. The third-order valence-corrected chi connectivity index (χ3v) is 1.49. The van der Waals surface area contributed by atoms with Gasteiger partial charge in [0.25, 0.3) is 0 Å². The summed E-state index contributed by atoms with van der Waals surface area (Å²) in [7, 11) is 0. The van der Waals surface area contributed by atoms with Gasteiger partial charge in [0, 0.05) is 11.4 Å². The molecule has 0 spiro atoms. The average Bonchev–Trinajstić information content (AvgIpc) is 2.00. The van der Waals surface area contributed by atoms with Crippen molar-refractivity contribution < 1.29 is 54.2 Å². The Kier molecular flexibility index (Phi) is 8.14. The number of pyridine rings is 1. The second-order valence-corrected chi connectivity index (χ2v) is 15.2. The van der Waals surface area contributed by atoms with Crippen LogP contribution < -0.4 is 0 Å². The number of hydrogen-bond donors (Lipinski definition) is 0. The average molecular weight is 699 g/mol. The molecule has 1 aromatic heterocycles. The van der Waals surface area contributed by atoms with Crippen molar-refractivity contribution in [1.82, 2.24) is 4.98 Å². The summed E-state index contributed by atoms with van der Waals surface area (Å²) in [4.78, 5) is 4.27. The molecule has 0 saturated carbocycles. The van der Waals surface area contributed by atoms with Crippen LogP contribution in [0.1, 0.15) is 17.0 Å². The van der Waals surface area contributed by atoms with E-state index in [1.807, 2.05) is 19.9 Å². The van der Waals surface area contributed by atoms with Gasteiger partial charge in [-0.15, -0.1) is 0 Å². The van der Waals surface area contributed by atoms with Crippen molar-refractivity contribution in [1.29, 1.82) is 0 Å². The van der Waals surface area contributed by atoms with Crippen LogP contribution >= 0.6 is 0 Å². The van der Waals surface area contributed by atoms with E-state index in [0.29, 0.717) is 0 Å². The van der Waals surface area contributed by atoms with E-state index < -0.39 is 39.0 Å². The van der Waals surface area contributed by atoms with Crippen LogP contribution in [0.4, 0.5) is 33.8 Å². The maximum absolute atomic E-state index is 11.2. The van der Waals surface area contributed by atoms with Crippen molar-refractivity contribution in [2.24, 2.45) is 0 Å². The van der Waals surface area contributed by atoms with Crippen molar-refractivity contribution in [3.63, 3.8) is 0 Å². The third kappa shape index (κ3) is 57.0.